The molecule has 0 unspecified atom stereocenters. The summed E-state index contributed by atoms with van der Waals surface area (Å²) in [6.45, 7) is 0.138. The summed E-state index contributed by atoms with van der Waals surface area (Å²) in [6, 6.07) is 21.9. The monoisotopic (exact) mass is 499 g/mol. The number of para-hydroxylation sites is 1. The molecule has 0 saturated carbocycles. The van der Waals surface area contributed by atoms with Gasteiger partial charge in [0.05, 0.1) is 23.5 Å². The first-order chi connectivity index (χ1) is 15.9. The number of aromatic nitrogens is 1. The van der Waals surface area contributed by atoms with Gasteiger partial charge in [0.1, 0.15) is 10.6 Å². The predicted octanol–water partition coefficient (Wildman–Crippen LogP) is 5.13. The molecule has 1 N–H and O–H groups in total. The number of rotatable bonds is 7. The number of halogens is 1. The maximum Gasteiger partial charge on any atom is 0.242 e. The lowest BCUT2D eigenvalue weighted by Gasteiger charge is -2.11. The van der Waals surface area contributed by atoms with Crippen LogP contribution in [0.1, 0.15) is 5.56 Å². The molecule has 170 valence electrons. The van der Waals surface area contributed by atoms with Gasteiger partial charge >= 0.3 is 0 Å². The van der Waals surface area contributed by atoms with E-state index in [0.29, 0.717) is 5.75 Å². The minimum atomic E-state index is -3.83. The summed E-state index contributed by atoms with van der Waals surface area (Å²) in [6.07, 6.45) is 0. The number of benzene rings is 3. The first kappa shape index (κ1) is 23.3. The number of methoxy groups -OCH3 is 1. The SMILES string of the molecule is COc1ccc(CNS(=O)(=O)c2cc(-c3csc(=Nc4ccccc4)n3C)ccc2Cl)cc1. The molecule has 4 rings (SSSR count). The molecule has 33 heavy (non-hydrogen) atoms. The van der Waals surface area contributed by atoms with Crippen LogP contribution in [0.5, 0.6) is 5.75 Å². The lowest BCUT2D eigenvalue weighted by atomic mass is 10.2. The van der Waals surface area contributed by atoms with Crippen molar-refractivity contribution in [3.63, 3.8) is 0 Å². The van der Waals surface area contributed by atoms with Gasteiger partial charge in [-0.25, -0.2) is 18.1 Å². The molecule has 0 spiro atoms. The summed E-state index contributed by atoms with van der Waals surface area (Å²) in [5.74, 6) is 0.708. The smallest absolute Gasteiger partial charge is 0.242 e. The molecule has 4 aromatic rings. The van der Waals surface area contributed by atoms with Gasteiger partial charge < -0.3 is 9.30 Å². The minimum absolute atomic E-state index is 0.0305. The van der Waals surface area contributed by atoms with Crippen LogP contribution in [-0.2, 0) is 23.6 Å². The zero-order valence-electron chi connectivity index (χ0n) is 18.0. The molecule has 0 atom stereocenters. The molecule has 1 aromatic heterocycles. The van der Waals surface area contributed by atoms with Crippen molar-refractivity contribution < 1.29 is 13.2 Å². The molecule has 0 aliphatic carbocycles. The van der Waals surface area contributed by atoms with Gasteiger partial charge in [-0.2, -0.15) is 0 Å². The van der Waals surface area contributed by atoms with E-state index >= 15 is 0 Å². The highest BCUT2D eigenvalue weighted by Crippen LogP contribution is 2.29. The summed E-state index contributed by atoms with van der Waals surface area (Å²) in [5, 5.41) is 2.11. The van der Waals surface area contributed by atoms with Gasteiger partial charge in [-0.05, 0) is 42.0 Å². The van der Waals surface area contributed by atoms with Gasteiger partial charge in [0.15, 0.2) is 4.80 Å². The van der Waals surface area contributed by atoms with E-state index in [1.165, 1.54) is 11.3 Å². The number of hydrogen-bond acceptors (Lipinski definition) is 5. The number of nitrogens with one attached hydrogen (secondary N) is 1. The maximum atomic E-state index is 13.0. The van der Waals surface area contributed by atoms with Crippen LogP contribution in [-0.4, -0.2) is 20.1 Å². The van der Waals surface area contributed by atoms with E-state index in [-0.39, 0.29) is 16.5 Å². The Labute approximate surface area is 201 Å². The van der Waals surface area contributed by atoms with Gasteiger partial charge in [-0.15, -0.1) is 11.3 Å². The lowest BCUT2D eigenvalue weighted by molar-refractivity contribution is 0.414. The Morgan fingerprint density at radius 1 is 1.06 bits per heavy atom. The molecule has 9 heteroatoms. The van der Waals surface area contributed by atoms with E-state index in [1.807, 2.05) is 59.5 Å². The molecular formula is C24H22ClN3O3S2. The Morgan fingerprint density at radius 2 is 1.79 bits per heavy atom. The molecule has 0 fully saturated rings. The summed E-state index contributed by atoms with van der Waals surface area (Å²) < 4.78 is 35.7. The molecule has 0 saturated heterocycles. The third-order valence-electron chi connectivity index (χ3n) is 5.05. The average molecular weight is 500 g/mol. The number of thiazole rings is 1. The van der Waals surface area contributed by atoms with Crippen LogP contribution in [0.3, 0.4) is 0 Å². The van der Waals surface area contributed by atoms with Crippen molar-refractivity contribution in [2.24, 2.45) is 12.0 Å². The van der Waals surface area contributed by atoms with Gasteiger partial charge in [-0.1, -0.05) is 48.0 Å². The second kappa shape index (κ2) is 9.93. The highest BCUT2D eigenvalue weighted by Gasteiger charge is 2.19. The zero-order chi connectivity index (χ0) is 23.4. The summed E-state index contributed by atoms with van der Waals surface area (Å²) in [4.78, 5) is 5.50. The number of hydrogen-bond donors (Lipinski definition) is 1. The van der Waals surface area contributed by atoms with E-state index in [9.17, 15) is 8.42 Å². The van der Waals surface area contributed by atoms with Crippen LogP contribution in [0, 0.1) is 0 Å². The predicted molar refractivity (Wildman–Crippen MR) is 132 cm³/mol. The van der Waals surface area contributed by atoms with Crippen LogP contribution in [0.2, 0.25) is 5.02 Å². The molecule has 0 aliphatic rings. The topological polar surface area (TPSA) is 72.7 Å². The minimum Gasteiger partial charge on any atom is -0.497 e. The van der Waals surface area contributed by atoms with Crippen molar-refractivity contribution in [3.8, 4) is 17.0 Å². The Kier molecular flexibility index (Phi) is 6.99. The summed E-state index contributed by atoms with van der Waals surface area (Å²) >= 11 is 7.77. The van der Waals surface area contributed by atoms with E-state index in [4.69, 9.17) is 16.3 Å². The average Bonchev–Trinajstić information content (AvgIpc) is 3.19. The van der Waals surface area contributed by atoms with Crippen LogP contribution in [0.15, 0.2) is 88.1 Å². The Balaban J connectivity index is 1.62. The van der Waals surface area contributed by atoms with E-state index in [1.54, 1.807) is 37.4 Å². The third kappa shape index (κ3) is 5.36. The highest BCUT2D eigenvalue weighted by atomic mass is 35.5. The van der Waals surface area contributed by atoms with Crippen LogP contribution >= 0.6 is 22.9 Å². The molecule has 6 nitrogen and oxygen atoms in total. The molecule has 0 aliphatic heterocycles. The highest BCUT2D eigenvalue weighted by molar-refractivity contribution is 7.89. The fourth-order valence-corrected chi connectivity index (χ4v) is 5.68. The van der Waals surface area contributed by atoms with Crippen LogP contribution in [0.4, 0.5) is 5.69 Å². The van der Waals surface area contributed by atoms with Crippen molar-refractivity contribution in [2.45, 2.75) is 11.4 Å². The molecule has 1 heterocycles. The van der Waals surface area contributed by atoms with Crippen molar-refractivity contribution in [1.29, 1.82) is 0 Å². The first-order valence-electron chi connectivity index (χ1n) is 10.0. The van der Waals surface area contributed by atoms with Crippen molar-refractivity contribution >= 4 is 38.6 Å². The first-order valence-corrected chi connectivity index (χ1v) is 12.8. The quantitative estimate of drug-likeness (QED) is 0.383. The fourth-order valence-electron chi connectivity index (χ4n) is 3.21. The fraction of sp³-hybridized carbons (Fsp3) is 0.125. The molecule has 0 amide bonds. The zero-order valence-corrected chi connectivity index (χ0v) is 20.4. The van der Waals surface area contributed by atoms with Crippen molar-refractivity contribution in [2.75, 3.05) is 7.11 Å². The number of nitrogens with zero attached hydrogens (tertiary/aromatic N) is 2. The normalized spacial score (nSPS) is 12.2. The summed E-state index contributed by atoms with van der Waals surface area (Å²) in [7, 11) is -0.349. The summed E-state index contributed by atoms with van der Waals surface area (Å²) in [5.41, 5.74) is 3.24. The Morgan fingerprint density at radius 3 is 2.48 bits per heavy atom. The van der Waals surface area contributed by atoms with E-state index in [2.05, 4.69) is 9.71 Å². The Bertz CT molecular complexity index is 1430. The molecule has 0 bridgehead atoms. The standard InChI is InChI=1S/C24H22ClN3O3S2/c1-28-22(16-32-24(28)27-19-6-4-3-5-7-19)18-10-13-21(25)23(14-18)33(29,30)26-15-17-8-11-20(31-2)12-9-17/h3-14,16,26H,15H2,1-2H3. The molecular weight excluding hydrogens is 478 g/mol. The van der Waals surface area contributed by atoms with Gasteiger partial charge in [0.2, 0.25) is 10.0 Å². The lowest BCUT2D eigenvalue weighted by Crippen LogP contribution is -2.23. The molecule has 3 aromatic carbocycles. The van der Waals surface area contributed by atoms with E-state index in [0.717, 1.165) is 27.3 Å². The van der Waals surface area contributed by atoms with Crippen LogP contribution in [0.25, 0.3) is 11.3 Å². The number of sulfonamides is 1. The van der Waals surface area contributed by atoms with Gasteiger partial charge in [0, 0.05) is 24.5 Å². The van der Waals surface area contributed by atoms with Gasteiger partial charge in [-0.3, -0.25) is 0 Å². The number of ether oxygens (including phenoxy) is 1. The Hall–Kier alpha value is -2.91. The largest absolute Gasteiger partial charge is 0.497 e. The second-order valence-corrected chi connectivity index (χ2v) is 10.2. The van der Waals surface area contributed by atoms with Gasteiger partial charge in [0.25, 0.3) is 0 Å². The maximum absolute atomic E-state index is 13.0. The molecule has 0 radical (unpaired) electrons. The van der Waals surface area contributed by atoms with Crippen LogP contribution < -0.4 is 14.3 Å². The second-order valence-electron chi connectivity index (χ2n) is 7.23. The third-order valence-corrected chi connectivity index (χ3v) is 7.85. The van der Waals surface area contributed by atoms with Crippen molar-refractivity contribution in [3.05, 3.63) is 93.6 Å². The van der Waals surface area contributed by atoms with E-state index < -0.39 is 10.0 Å². The van der Waals surface area contributed by atoms with Crippen molar-refractivity contribution in [1.82, 2.24) is 9.29 Å².